The van der Waals surface area contributed by atoms with E-state index < -0.39 is 5.97 Å². The van der Waals surface area contributed by atoms with Crippen LogP contribution in [0.2, 0.25) is 0 Å². The highest BCUT2D eigenvalue weighted by Crippen LogP contribution is 2.42. The summed E-state index contributed by atoms with van der Waals surface area (Å²) in [6.45, 7) is 4.18. The van der Waals surface area contributed by atoms with E-state index in [9.17, 15) is 4.79 Å². The first-order valence-electron chi connectivity index (χ1n) is 12.6. The second kappa shape index (κ2) is 11.4. The third-order valence-corrected chi connectivity index (χ3v) is 7.51. The van der Waals surface area contributed by atoms with Crippen LogP contribution in [0.5, 0.6) is 23.0 Å². The van der Waals surface area contributed by atoms with Crippen LogP contribution in [0.15, 0.2) is 48.5 Å². The molecule has 37 heavy (non-hydrogen) atoms. The van der Waals surface area contributed by atoms with Crippen molar-refractivity contribution in [2.24, 2.45) is 0 Å². The molecule has 0 aliphatic carbocycles. The quantitative estimate of drug-likeness (QED) is 0.316. The number of rotatable bonds is 10. The topological polar surface area (TPSA) is 74.2 Å². The molecule has 0 spiro atoms. The lowest BCUT2D eigenvalue weighted by molar-refractivity contribution is -0.137. The van der Waals surface area contributed by atoms with Crippen LogP contribution in [0.25, 0.3) is 11.1 Å². The molecule has 0 saturated heterocycles. The number of ether oxygens (including phenoxy) is 4. The van der Waals surface area contributed by atoms with Crippen LogP contribution < -0.4 is 18.9 Å². The summed E-state index contributed by atoms with van der Waals surface area (Å²) in [7, 11) is 0. The van der Waals surface area contributed by atoms with Gasteiger partial charge >= 0.3 is 5.97 Å². The summed E-state index contributed by atoms with van der Waals surface area (Å²) in [4.78, 5) is 11.1. The van der Waals surface area contributed by atoms with Gasteiger partial charge in [0.25, 0.3) is 0 Å². The Hall–Kier alpha value is -3.32. The molecule has 7 heteroatoms. The number of aliphatic carboxylic acids is 1. The maximum absolute atomic E-state index is 11.1. The van der Waals surface area contributed by atoms with Crippen molar-refractivity contribution in [1.29, 1.82) is 0 Å². The molecular formula is C30H32O6S. The highest BCUT2D eigenvalue weighted by molar-refractivity contribution is 7.98. The van der Waals surface area contributed by atoms with E-state index in [2.05, 4.69) is 31.4 Å². The zero-order chi connectivity index (χ0) is 25.8. The molecule has 194 valence electrons. The van der Waals surface area contributed by atoms with E-state index >= 15 is 0 Å². The molecule has 0 fully saturated rings. The largest absolute Gasteiger partial charge is 0.494 e. The van der Waals surface area contributed by atoms with E-state index in [-0.39, 0.29) is 12.3 Å². The van der Waals surface area contributed by atoms with Gasteiger partial charge in [0.15, 0.2) is 0 Å². The number of carboxylic acid groups (broad SMARTS) is 1. The van der Waals surface area contributed by atoms with Crippen LogP contribution in [0.3, 0.4) is 0 Å². The molecule has 3 aromatic rings. The Morgan fingerprint density at radius 3 is 2.84 bits per heavy atom. The molecule has 2 aliphatic rings. The smallest absolute Gasteiger partial charge is 0.304 e. The number of thioether (sulfide) groups is 1. The van der Waals surface area contributed by atoms with Crippen molar-refractivity contribution < 1.29 is 28.8 Å². The number of hydrogen-bond acceptors (Lipinski definition) is 6. The molecule has 0 bridgehead atoms. The fourth-order valence-electron chi connectivity index (χ4n) is 5.10. The summed E-state index contributed by atoms with van der Waals surface area (Å²) in [5, 5.41) is 9.13. The zero-order valence-corrected chi connectivity index (χ0v) is 22.1. The molecule has 0 radical (unpaired) electrons. The van der Waals surface area contributed by atoms with E-state index in [1.54, 1.807) is 0 Å². The van der Waals surface area contributed by atoms with Gasteiger partial charge in [0, 0.05) is 35.1 Å². The maximum atomic E-state index is 11.1. The lowest BCUT2D eigenvalue weighted by Crippen LogP contribution is -2.07. The van der Waals surface area contributed by atoms with Crippen LogP contribution >= 0.6 is 11.8 Å². The van der Waals surface area contributed by atoms with Crippen molar-refractivity contribution in [3.63, 3.8) is 0 Å². The van der Waals surface area contributed by atoms with Crippen molar-refractivity contribution >= 4 is 17.7 Å². The van der Waals surface area contributed by atoms with Crippen LogP contribution in [0.1, 0.15) is 41.0 Å². The van der Waals surface area contributed by atoms with Gasteiger partial charge in [0.2, 0.25) is 0 Å². The Labute approximate surface area is 221 Å². The van der Waals surface area contributed by atoms with Crippen LogP contribution in [-0.2, 0) is 17.8 Å². The van der Waals surface area contributed by atoms with E-state index in [0.717, 1.165) is 53.4 Å². The first kappa shape index (κ1) is 25.3. The molecule has 1 N–H and O–H groups in total. The van der Waals surface area contributed by atoms with Gasteiger partial charge in [0.1, 0.15) is 29.6 Å². The minimum absolute atomic E-state index is 0.0627. The average molecular weight is 521 g/mol. The second-order valence-electron chi connectivity index (χ2n) is 9.46. The van der Waals surface area contributed by atoms with Gasteiger partial charge in [-0.2, -0.15) is 11.8 Å². The summed E-state index contributed by atoms with van der Waals surface area (Å²) in [6.07, 6.45) is 4.02. The monoisotopic (exact) mass is 520 g/mol. The molecule has 0 unspecified atom stereocenters. The minimum atomic E-state index is -0.821. The third kappa shape index (κ3) is 5.67. The van der Waals surface area contributed by atoms with Gasteiger partial charge < -0.3 is 24.1 Å². The van der Waals surface area contributed by atoms with Gasteiger partial charge in [-0.1, -0.05) is 24.3 Å². The highest BCUT2D eigenvalue weighted by atomic mass is 32.2. The van der Waals surface area contributed by atoms with Gasteiger partial charge in [-0.3, -0.25) is 4.79 Å². The Morgan fingerprint density at radius 1 is 1.11 bits per heavy atom. The first-order valence-corrected chi connectivity index (χ1v) is 14.0. The first-order chi connectivity index (χ1) is 18.0. The molecule has 2 heterocycles. The van der Waals surface area contributed by atoms with Gasteiger partial charge in [-0.05, 0) is 60.2 Å². The number of carboxylic acids is 1. The van der Waals surface area contributed by atoms with Crippen LogP contribution in [-0.4, -0.2) is 42.9 Å². The molecule has 5 rings (SSSR count). The number of carbonyl (C=O) groups is 1. The normalized spacial score (nSPS) is 15.5. The number of fused-ring (bicyclic) bond motifs is 4. The fourth-order valence-corrected chi connectivity index (χ4v) is 5.51. The average Bonchev–Trinajstić information content (AvgIpc) is 3.16. The third-order valence-electron chi connectivity index (χ3n) is 6.82. The molecule has 6 nitrogen and oxygen atoms in total. The van der Waals surface area contributed by atoms with Crippen molar-refractivity contribution in [2.45, 2.75) is 38.7 Å². The zero-order valence-electron chi connectivity index (χ0n) is 21.2. The molecule has 2 aliphatic heterocycles. The standard InChI is InChI=1S/C30H32O6S/c1-19-13-24(33-10-4-12-37-2)14-20-9-11-34-30-21(5-3-6-26(30)29(19)20)17-35-23-7-8-25-22(15-28(31)32)18-36-27(25)16-23/h3,5-8,13-14,16,22H,4,9-12,15,17-18H2,1-2H3,(H,31,32)/t22-/m1/s1. The predicted molar refractivity (Wildman–Crippen MR) is 146 cm³/mol. The molecule has 0 aromatic heterocycles. The van der Waals surface area contributed by atoms with Crippen molar-refractivity contribution in [3.05, 3.63) is 70.8 Å². The second-order valence-corrected chi connectivity index (χ2v) is 10.4. The fraction of sp³-hybridized carbons (Fsp3) is 0.367. The van der Waals surface area contributed by atoms with Crippen LogP contribution in [0, 0.1) is 6.92 Å². The molecule has 0 amide bonds. The lowest BCUT2D eigenvalue weighted by atomic mass is 9.92. The predicted octanol–water partition coefficient (Wildman–Crippen LogP) is 6.26. The van der Waals surface area contributed by atoms with Crippen LogP contribution in [0.4, 0.5) is 0 Å². The summed E-state index contributed by atoms with van der Waals surface area (Å²) >= 11 is 1.84. The van der Waals surface area contributed by atoms with E-state index in [4.69, 9.17) is 24.1 Å². The van der Waals surface area contributed by atoms with E-state index in [1.165, 1.54) is 16.7 Å². The molecular weight excluding hydrogens is 488 g/mol. The van der Waals surface area contributed by atoms with Crippen molar-refractivity contribution in [3.8, 4) is 34.1 Å². The van der Waals surface area contributed by atoms with Gasteiger partial charge in [-0.25, -0.2) is 0 Å². The Kier molecular flexibility index (Phi) is 7.79. The summed E-state index contributed by atoms with van der Waals surface area (Å²) in [6, 6.07) is 16.1. The summed E-state index contributed by atoms with van der Waals surface area (Å²) in [5.74, 6) is 3.31. The Bertz CT molecular complexity index is 1290. The van der Waals surface area contributed by atoms with Gasteiger partial charge in [-0.15, -0.1) is 0 Å². The minimum Gasteiger partial charge on any atom is -0.494 e. The summed E-state index contributed by atoms with van der Waals surface area (Å²) < 4.78 is 24.2. The molecule has 0 saturated carbocycles. The summed E-state index contributed by atoms with van der Waals surface area (Å²) in [5.41, 5.74) is 6.60. The highest BCUT2D eigenvalue weighted by Gasteiger charge is 2.27. The number of hydrogen-bond donors (Lipinski definition) is 1. The van der Waals surface area contributed by atoms with Gasteiger partial charge in [0.05, 0.1) is 26.2 Å². The molecule has 1 atom stereocenters. The maximum Gasteiger partial charge on any atom is 0.304 e. The van der Waals surface area contributed by atoms with Crippen molar-refractivity contribution in [2.75, 3.05) is 31.8 Å². The number of para-hydroxylation sites is 1. The number of aryl methyl sites for hydroxylation is 1. The SMILES string of the molecule is CSCCCOc1cc(C)c2c(c1)CCOc1c(COc3ccc4c(c3)OC[C@H]4CC(=O)O)cccc1-2. The lowest BCUT2D eigenvalue weighted by Gasteiger charge is -2.17. The number of benzene rings is 3. The van der Waals surface area contributed by atoms with Crippen molar-refractivity contribution in [1.82, 2.24) is 0 Å². The molecule has 3 aromatic carbocycles. The van der Waals surface area contributed by atoms with E-state index in [1.807, 2.05) is 42.1 Å². The van der Waals surface area contributed by atoms with E-state index in [0.29, 0.717) is 31.3 Å². The Balaban J connectivity index is 1.34. The Morgan fingerprint density at radius 2 is 2.00 bits per heavy atom.